The summed E-state index contributed by atoms with van der Waals surface area (Å²) in [6.07, 6.45) is -0.138. The lowest BCUT2D eigenvalue weighted by Gasteiger charge is -2.30. The number of carbonyl (C=O) groups excluding carboxylic acids is 1. The maximum Gasteiger partial charge on any atom is 0.171 e. The van der Waals surface area contributed by atoms with Crippen LogP contribution in [0.4, 0.5) is 0 Å². The smallest absolute Gasteiger partial charge is 0.171 e. The van der Waals surface area contributed by atoms with Crippen molar-refractivity contribution in [2.45, 2.75) is 31.7 Å². The first kappa shape index (κ1) is 13.8. The fourth-order valence-electron chi connectivity index (χ4n) is 2.17. The minimum absolute atomic E-state index is 0.239. The summed E-state index contributed by atoms with van der Waals surface area (Å²) in [5.74, 6) is -1.21. The number of aliphatic carboxylic acids is 1. The molecule has 5 nitrogen and oxygen atoms in total. The van der Waals surface area contributed by atoms with E-state index in [0.717, 1.165) is 5.56 Å². The summed E-state index contributed by atoms with van der Waals surface area (Å²) in [7, 11) is 0. The van der Waals surface area contributed by atoms with E-state index in [2.05, 4.69) is 5.32 Å². The van der Waals surface area contributed by atoms with Gasteiger partial charge in [-0.15, -0.1) is 0 Å². The fourth-order valence-corrected chi connectivity index (χ4v) is 2.49. The minimum atomic E-state index is -1.21. The van der Waals surface area contributed by atoms with Gasteiger partial charge in [-0.3, -0.25) is 0 Å². The Balaban J connectivity index is 1.97. The average molecular weight is 279 g/mol. The Labute approximate surface area is 116 Å². The first-order valence-corrected chi connectivity index (χ1v) is 6.49. The van der Waals surface area contributed by atoms with Gasteiger partial charge in [0.1, 0.15) is 6.23 Å². The SMILES string of the molecule is O=C([O-])[C@@H]1CC[C@H](O)N1C(=S)NCc1ccccc1. The number of hydrogen-bond acceptors (Lipinski definition) is 4. The Morgan fingerprint density at radius 3 is 2.74 bits per heavy atom. The Morgan fingerprint density at radius 2 is 2.11 bits per heavy atom. The number of carboxylic acid groups (broad SMARTS) is 1. The number of aliphatic hydroxyl groups excluding tert-OH is 1. The molecule has 1 aromatic rings. The third kappa shape index (κ3) is 3.21. The molecule has 2 atom stereocenters. The topological polar surface area (TPSA) is 75.6 Å². The van der Waals surface area contributed by atoms with Gasteiger partial charge in [0.15, 0.2) is 5.11 Å². The molecule has 2 N–H and O–H groups in total. The first-order chi connectivity index (χ1) is 9.09. The molecule has 0 unspecified atom stereocenters. The lowest BCUT2D eigenvalue weighted by molar-refractivity contribution is -0.310. The molecule has 1 saturated heterocycles. The fraction of sp³-hybridized carbons (Fsp3) is 0.385. The van der Waals surface area contributed by atoms with Gasteiger partial charge in [0, 0.05) is 6.54 Å². The molecule has 2 rings (SSSR count). The minimum Gasteiger partial charge on any atom is -0.548 e. The van der Waals surface area contributed by atoms with Crippen LogP contribution in [0.3, 0.4) is 0 Å². The quantitative estimate of drug-likeness (QED) is 0.733. The predicted molar refractivity (Wildman–Crippen MR) is 71.8 cm³/mol. The summed E-state index contributed by atoms with van der Waals surface area (Å²) in [5.41, 5.74) is 1.03. The van der Waals surface area contributed by atoms with Crippen LogP contribution < -0.4 is 10.4 Å². The molecule has 0 amide bonds. The van der Waals surface area contributed by atoms with Gasteiger partial charge >= 0.3 is 0 Å². The monoisotopic (exact) mass is 279 g/mol. The Kier molecular flexibility index (Phi) is 4.34. The van der Waals surface area contributed by atoms with Gasteiger partial charge in [-0.25, -0.2) is 0 Å². The summed E-state index contributed by atoms with van der Waals surface area (Å²) < 4.78 is 0. The van der Waals surface area contributed by atoms with Crippen molar-refractivity contribution in [2.75, 3.05) is 0 Å². The van der Waals surface area contributed by atoms with Gasteiger partial charge in [0.05, 0.1) is 12.0 Å². The van der Waals surface area contributed by atoms with Crippen molar-refractivity contribution >= 4 is 23.3 Å². The largest absolute Gasteiger partial charge is 0.548 e. The van der Waals surface area contributed by atoms with Crippen LogP contribution in [-0.4, -0.2) is 33.4 Å². The summed E-state index contributed by atoms with van der Waals surface area (Å²) in [5, 5.41) is 24.0. The molecule has 102 valence electrons. The predicted octanol–water partition coefficient (Wildman–Crippen LogP) is -0.406. The van der Waals surface area contributed by atoms with Crippen LogP contribution in [0.15, 0.2) is 30.3 Å². The highest BCUT2D eigenvalue weighted by molar-refractivity contribution is 7.80. The van der Waals surface area contributed by atoms with E-state index in [4.69, 9.17) is 12.2 Å². The van der Waals surface area contributed by atoms with Gasteiger partial charge in [-0.1, -0.05) is 30.3 Å². The third-order valence-electron chi connectivity index (χ3n) is 3.15. The molecule has 0 aliphatic carbocycles. The summed E-state index contributed by atoms with van der Waals surface area (Å²) in [6.45, 7) is 0.489. The molecule has 0 spiro atoms. The number of rotatable bonds is 3. The van der Waals surface area contributed by atoms with Crippen LogP contribution in [-0.2, 0) is 11.3 Å². The molecule has 6 heteroatoms. The average Bonchev–Trinajstić information content (AvgIpc) is 2.79. The molecule has 1 aliphatic heterocycles. The van der Waals surface area contributed by atoms with Gasteiger partial charge in [0.25, 0.3) is 0 Å². The van der Waals surface area contributed by atoms with E-state index < -0.39 is 18.2 Å². The van der Waals surface area contributed by atoms with E-state index in [-0.39, 0.29) is 5.11 Å². The van der Waals surface area contributed by atoms with E-state index in [1.54, 1.807) is 0 Å². The normalized spacial score (nSPS) is 22.3. The van der Waals surface area contributed by atoms with Gasteiger partial charge in [-0.05, 0) is 30.6 Å². The highest BCUT2D eigenvalue weighted by Crippen LogP contribution is 2.22. The molecule has 1 heterocycles. The number of aliphatic hydroxyl groups is 1. The third-order valence-corrected chi connectivity index (χ3v) is 3.50. The van der Waals surface area contributed by atoms with E-state index in [1.165, 1.54) is 4.90 Å². The lowest BCUT2D eigenvalue weighted by Crippen LogP contribution is -2.52. The molecule has 0 bridgehead atoms. The zero-order valence-corrected chi connectivity index (χ0v) is 11.1. The van der Waals surface area contributed by atoms with Crippen LogP contribution in [0.5, 0.6) is 0 Å². The van der Waals surface area contributed by atoms with Crippen LogP contribution in [0.1, 0.15) is 18.4 Å². The standard InChI is InChI=1S/C13H16N2O3S/c16-11-7-6-10(12(17)18)15(11)13(19)14-8-9-4-2-1-3-5-9/h1-5,10-11,16H,6-8H2,(H,14,19)(H,17,18)/p-1/t10-,11-/m0/s1. The van der Waals surface area contributed by atoms with Crippen molar-refractivity contribution in [1.82, 2.24) is 10.2 Å². The van der Waals surface area contributed by atoms with E-state index in [9.17, 15) is 15.0 Å². The van der Waals surface area contributed by atoms with E-state index >= 15 is 0 Å². The summed E-state index contributed by atoms with van der Waals surface area (Å²) in [6, 6.07) is 8.76. The first-order valence-electron chi connectivity index (χ1n) is 6.08. The van der Waals surface area contributed by atoms with E-state index in [0.29, 0.717) is 19.4 Å². The number of nitrogens with zero attached hydrogens (tertiary/aromatic N) is 1. The molecule has 0 aromatic heterocycles. The summed E-state index contributed by atoms with van der Waals surface area (Å²) in [4.78, 5) is 12.3. The number of benzene rings is 1. The number of nitrogens with one attached hydrogen (secondary N) is 1. The molecule has 0 saturated carbocycles. The Morgan fingerprint density at radius 1 is 1.42 bits per heavy atom. The highest BCUT2D eigenvalue weighted by atomic mass is 32.1. The van der Waals surface area contributed by atoms with Gasteiger partial charge in [0.2, 0.25) is 0 Å². The number of likely N-dealkylation sites (tertiary alicyclic amines) is 1. The number of hydrogen-bond donors (Lipinski definition) is 2. The Bertz CT molecular complexity index is 466. The maximum atomic E-state index is 11.0. The van der Waals surface area contributed by atoms with Gasteiger partial charge < -0.3 is 25.2 Å². The van der Waals surface area contributed by atoms with Crippen molar-refractivity contribution < 1.29 is 15.0 Å². The molecule has 1 aromatic carbocycles. The number of carboxylic acids is 1. The van der Waals surface area contributed by atoms with Crippen molar-refractivity contribution in [2.24, 2.45) is 0 Å². The molecule has 19 heavy (non-hydrogen) atoms. The zero-order valence-electron chi connectivity index (χ0n) is 10.3. The zero-order chi connectivity index (χ0) is 13.8. The van der Waals surface area contributed by atoms with Gasteiger partial charge in [-0.2, -0.15) is 0 Å². The number of thiocarbonyl (C=S) groups is 1. The molecule has 1 aliphatic rings. The highest BCUT2D eigenvalue weighted by Gasteiger charge is 2.34. The van der Waals surface area contributed by atoms with Crippen molar-refractivity contribution in [1.29, 1.82) is 0 Å². The van der Waals surface area contributed by atoms with Crippen LogP contribution >= 0.6 is 12.2 Å². The van der Waals surface area contributed by atoms with E-state index in [1.807, 2.05) is 30.3 Å². The summed E-state index contributed by atoms with van der Waals surface area (Å²) >= 11 is 5.15. The Hall–Kier alpha value is -1.66. The number of carbonyl (C=O) groups is 1. The molecular formula is C13H15N2O3S-. The molecule has 0 radical (unpaired) electrons. The van der Waals surface area contributed by atoms with Crippen LogP contribution in [0, 0.1) is 0 Å². The van der Waals surface area contributed by atoms with Crippen LogP contribution in [0.25, 0.3) is 0 Å². The second-order valence-electron chi connectivity index (χ2n) is 4.44. The maximum absolute atomic E-state index is 11.0. The molecule has 1 fully saturated rings. The lowest BCUT2D eigenvalue weighted by atomic mass is 10.2. The van der Waals surface area contributed by atoms with Crippen LogP contribution in [0.2, 0.25) is 0 Å². The van der Waals surface area contributed by atoms with Crippen molar-refractivity contribution in [3.05, 3.63) is 35.9 Å². The van der Waals surface area contributed by atoms with Crippen molar-refractivity contribution in [3.63, 3.8) is 0 Å². The second kappa shape index (κ2) is 5.99. The second-order valence-corrected chi connectivity index (χ2v) is 4.83. The van der Waals surface area contributed by atoms with Crippen molar-refractivity contribution in [3.8, 4) is 0 Å². The molecular weight excluding hydrogens is 264 g/mol.